The molecular weight excluding hydrogens is 456 g/mol. The van der Waals surface area contributed by atoms with E-state index >= 15 is 0 Å². The maximum absolute atomic E-state index is 12.9. The van der Waals surface area contributed by atoms with Gasteiger partial charge in [0.15, 0.2) is 5.79 Å². The SMILES string of the molecule is C[C@@H]1C[C@@]2(OC[C@](C)(O)[C@H]2O)O[C@H]2C[C@@]3(C)C4=CC[C@H]5C(C)(C)C(=O)CC[C@@]56C[C@@]46C[C@@H](O)[C@]3(C)[C@@H]12. The van der Waals surface area contributed by atoms with E-state index in [4.69, 9.17) is 9.47 Å². The van der Waals surface area contributed by atoms with Gasteiger partial charge < -0.3 is 24.8 Å². The van der Waals surface area contributed by atoms with Crippen LogP contribution in [0.2, 0.25) is 0 Å². The first-order chi connectivity index (χ1) is 16.6. The molecule has 0 bridgehead atoms. The summed E-state index contributed by atoms with van der Waals surface area (Å²) in [5.41, 5.74) is -0.583. The van der Waals surface area contributed by atoms with Gasteiger partial charge in [0.1, 0.15) is 17.5 Å². The van der Waals surface area contributed by atoms with Crippen LogP contribution in [-0.2, 0) is 14.3 Å². The second-order valence-electron chi connectivity index (χ2n) is 15.2. The molecule has 36 heavy (non-hydrogen) atoms. The Balaban J connectivity index is 1.30. The number of allylic oxidation sites excluding steroid dienone is 2. The van der Waals surface area contributed by atoms with E-state index in [2.05, 4.69) is 40.7 Å². The van der Waals surface area contributed by atoms with E-state index < -0.39 is 23.6 Å². The van der Waals surface area contributed by atoms with Gasteiger partial charge in [0.25, 0.3) is 0 Å². The molecule has 2 heterocycles. The Kier molecular flexibility index (Phi) is 4.38. The fraction of sp³-hybridized carbons (Fsp3) is 0.900. The van der Waals surface area contributed by atoms with Crippen molar-refractivity contribution in [3.05, 3.63) is 11.6 Å². The number of ether oxygens (including phenoxy) is 2. The Bertz CT molecular complexity index is 1080. The number of hydrogen-bond acceptors (Lipinski definition) is 6. The molecule has 0 amide bonds. The van der Waals surface area contributed by atoms with E-state index in [-0.39, 0.29) is 51.6 Å². The Hall–Kier alpha value is -0.790. The predicted octanol–water partition coefficient (Wildman–Crippen LogP) is 3.76. The van der Waals surface area contributed by atoms with Gasteiger partial charge in [-0.25, -0.2) is 0 Å². The summed E-state index contributed by atoms with van der Waals surface area (Å²) in [4.78, 5) is 12.9. The summed E-state index contributed by atoms with van der Waals surface area (Å²) in [5.74, 6) is -0.136. The van der Waals surface area contributed by atoms with E-state index in [0.29, 0.717) is 24.5 Å². The third-order valence-corrected chi connectivity index (χ3v) is 13.5. The molecule has 7 aliphatic rings. The lowest BCUT2D eigenvalue weighted by molar-refractivity contribution is -0.314. The van der Waals surface area contributed by atoms with Gasteiger partial charge in [-0.1, -0.05) is 46.3 Å². The Morgan fingerprint density at radius 2 is 1.78 bits per heavy atom. The monoisotopic (exact) mass is 500 g/mol. The normalized spacial score (nSPS) is 62.6. The van der Waals surface area contributed by atoms with E-state index in [9.17, 15) is 20.1 Å². The van der Waals surface area contributed by atoms with Gasteiger partial charge in [-0.3, -0.25) is 4.79 Å². The van der Waals surface area contributed by atoms with Crippen LogP contribution < -0.4 is 0 Å². The molecule has 0 unspecified atom stereocenters. The van der Waals surface area contributed by atoms with Gasteiger partial charge in [0.05, 0.1) is 18.8 Å². The molecule has 200 valence electrons. The summed E-state index contributed by atoms with van der Waals surface area (Å²) in [6.45, 7) is 12.8. The standard InChI is InChI=1S/C30H44O6/c1-16-11-30(23(33)26(5,34)15-35-30)36-17-12-25(4)19-8-7-18-24(2,3)20(31)9-10-28(18)14-29(19,28)13-21(32)27(25,6)22(16)17/h8,16-18,21-23,32-34H,7,9-15H2,1-6H3/t16-,17+,18+,21-,22+,23-,25+,26+,27-,28-,29+,30-/m1/s1. The summed E-state index contributed by atoms with van der Waals surface area (Å²) in [6, 6.07) is 0. The average molecular weight is 501 g/mol. The van der Waals surface area contributed by atoms with E-state index in [1.807, 2.05) is 0 Å². The first-order valence-electron chi connectivity index (χ1n) is 14.3. The Labute approximate surface area is 214 Å². The number of rotatable bonds is 0. The summed E-state index contributed by atoms with van der Waals surface area (Å²) < 4.78 is 12.8. The first-order valence-corrected chi connectivity index (χ1v) is 14.3. The predicted molar refractivity (Wildman–Crippen MR) is 133 cm³/mol. The number of carbonyl (C=O) groups excluding carboxylic acids is 1. The van der Waals surface area contributed by atoms with Crippen molar-refractivity contribution in [2.24, 2.45) is 44.8 Å². The van der Waals surface area contributed by atoms with E-state index in [0.717, 1.165) is 32.1 Å². The minimum absolute atomic E-state index is 0.0109. The molecule has 6 nitrogen and oxygen atoms in total. The molecule has 3 N–H and O–H groups in total. The number of aliphatic hydroxyl groups is 3. The molecule has 3 spiro atoms. The molecule has 12 atom stereocenters. The minimum Gasteiger partial charge on any atom is -0.392 e. The van der Waals surface area contributed by atoms with E-state index in [1.54, 1.807) is 6.92 Å². The molecule has 0 radical (unpaired) electrons. The van der Waals surface area contributed by atoms with Crippen LogP contribution in [0.5, 0.6) is 0 Å². The Morgan fingerprint density at radius 3 is 2.44 bits per heavy atom. The summed E-state index contributed by atoms with van der Waals surface area (Å²) >= 11 is 0. The van der Waals surface area contributed by atoms with Gasteiger partial charge in [0, 0.05) is 29.1 Å². The highest BCUT2D eigenvalue weighted by Gasteiger charge is 2.83. The van der Waals surface area contributed by atoms with Crippen LogP contribution in [0.1, 0.15) is 86.5 Å². The zero-order chi connectivity index (χ0) is 25.9. The van der Waals surface area contributed by atoms with Crippen LogP contribution in [0.4, 0.5) is 0 Å². The van der Waals surface area contributed by atoms with Gasteiger partial charge in [-0.2, -0.15) is 0 Å². The second-order valence-corrected chi connectivity index (χ2v) is 15.2. The highest BCUT2D eigenvalue weighted by molar-refractivity contribution is 5.86. The zero-order valence-electron chi connectivity index (χ0n) is 22.8. The summed E-state index contributed by atoms with van der Waals surface area (Å²) in [6.07, 6.45) is 6.49. The van der Waals surface area contributed by atoms with Crippen molar-refractivity contribution in [1.82, 2.24) is 0 Å². The van der Waals surface area contributed by atoms with Crippen molar-refractivity contribution in [2.75, 3.05) is 6.61 Å². The molecule has 0 aromatic heterocycles. The molecule has 0 aromatic rings. The molecule has 4 saturated carbocycles. The molecule has 0 aromatic carbocycles. The smallest absolute Gasteiger partial charge is 0.198 e. The molecular formula is C30H44O6. The highest BCUT2D eigenvalue weighted by atomic mass is 16.7. The largest absolute Gasteiger partial charge is 0.392 e. The van der Waals surface area contributed by atoms with Crippen molar-refractivity contribution in [3.8, 4) is 0 Å². The number of Topliss-reactive ketones (excluding diaryl/α,β-unsaturated/α-hetero) is 1. The molecule has 7 rings (SSSR count). The van der Waals surface area contributed by atoms with Gasteiger partial charge in [0.2, 0.25) is 0 Å². The van der Waals surface area contributed by atoms with Crippen molar-refractivity contribution in [1.29, 1.82) is 0 Å². The van der Waals surface area contributed by atoms with Crippen LogP contribution in [0.25, 0.3) is 0 Å². The van der Waals surface area contributed by atoms with Crippen molar-refractivity contribution in [2.45, 2.75) is 116 Å². The quantitative estimate of drug-likeness (QED) is 0.439. The van der Waals surface area contributed by atoms with E-state index in [1.165, 1.54) is 5.57 Å². The van der Waals surface area contributed by atoms with Crippen LogP contribution >= 0.6 is 0 Å². The minimum atomic E-state index is -1.33. The average Bonchev–Trinajstić information content (AvgIpc) is 3.30. The topological polar surface area (TPSA) is 96.2 Å². The first kappa shape index (κ1) is 24.3. The maximum atomic E-state index is 12.9. The third-order valence-electron chi connectivity index (χ3n) is 13.5. The van der Waals surface area contributed by atoms with Gasteiger partial charge >= 0.3 is 0 Å². The lowest BCUT2D eigenvalue weighted by atomic mass is 9.44. The second kappa shape index (κ2) is 6.50. The lowest BCUT2D eigenvalue weighted by Crippen LogP contribution is -2.61. The van der Waals surface area contributed by atoms with Crippen LogP contribution in [-0.4, -0.2) is 57.4 Å². The number of hydrogen-bond donors (Lipinski definition) is 3. The highest BCUT2D eigenvalue weighted by Crippen LogP contribution is 2.88. The number of aliphatic hydroxyl groups excluding tert-OH is 2. The molecule has 6 heteroatoms. The van der Waals surface area contributed by atoms with Crippen molar-refractivity contribution >= 4 is 5.78 Å². The fourth-order valence-corrected chi connectivity index (χ4v) is 11.6. The van der Waals surface area contributed by atoms with Crippen molar-refractivity contribution in [3.63, 3.8) is 0 Å². The van der Waals surface area contributed by atoms with Crippen molar-refractivity contribution < 1.29 is 29.6 Å². The third kappa shape index (κ3) is 2.35. The fourth-order valence-electron chi connectivity index (χ4n) is 11.6. The zero-order valence-corrected chi connectivity index (χ0v) is 22.8. The van der Waals surface area contributed by atoms with Crippen LogP contribution in [0.3, 0.4) is 0 Å². The molecule has 5 aliphatic carbocycles. The summed E-state index contributed by atoms with van der Waals surface area (Å²) in [7, 11) is 0. The maximum Gasteiger partial charge on any atom is 0.198 e. The molecule has 2 aliphatic heterocycles. The Morgan fingerprint density at radius 1 is 1.06 bits per heavy atom. The lowest BCUT2D eigenvalue weighted by Gasteiger charge is -2.61. The van der Waals surface area contributed by atoms with Crippen LogP contribution in [0, 0.1) is 44.8 Å². The number of ketones is 1. The molecule has 2 saturated heterocycles. The molecule has 6 fully saturated rings. The summed E-state index contributed by atoms with van der Waals surface area (Å²) in [5, 5.41) is 33.8. The number of carbonyl (C=O) groups is 1. The van der Waals surface area contributed by atoms with Crippen LogP contribution in [0.15, 0.2) is 11.6 Å². The number of fused-ring (bicyclic) bond motifs is 4. The van der Waals surface area contributed by atoms with Gasteiger partial charge in [-0.05, 0) is 67.6 Å². The van der Waals surface area contributed by atoms with Gasteiger partial charge in [-0.15, -0.1) is 0 Å².